The zero-order valence-corrected chi connectivity index (χ0v) is 21.4. The van der Waals surface area contributed by atoms with Crippen LogP contribution < -0.4 is 11.5 Å². The summed E-state index contributed by atoms with van der Waals surface area (Å²) in [6.07, 6.45) is 4.58. The van der Waals surface area contributed by atoms with Crippen molar-refractivity contribution in [2.24, 2.45) is 22.8 Å². The Kier molecular flexibility index (Phi) is 6.74. The summed E-state index contributed by atoms with van der Waals surface area (Å²) in [6, 6.07) is 23.4. The smallest absolute Gasteiger partial charge is 0.323 e. The van der Waals surface area contributed by atoms with E-state index < -0.39 is 23.5 Å². The first-order valence-electron chi connectivity index (χ1n) is 13.0. The molecule has 2 aliphatic rings. The molecule has 0 saturated heterocycles. The van der Waals surface area contributed by atoms with Crippen molar-refractivity contribution < 1.29 is 14.3 Å². The minimum Gasteiger partial charge on any atom is -0.455 e. The monoisotopic (exact) mass is 494 g/mol. The molecule has 0 aromatic heterocycles. The number of carbonyl (C=O) groups is 2. The first kappa shape index (κ1) is 25.0. The first-order chi connectivity index (χ1) is 17.8. The van der Waals surface area contributed by atoms with Crippen LogP contribution in [-0.2, 0) is 28.8 Å². The third-order valence-electron chi connectivity index (χ3n) is 7.77. The second-order valence-corrected chi connectivity index (χ2v) is 10.9. The minimum atomic E-state index is -0.671. The summed E-state index contributed by atoms with van der Waals surface area (Å²) in [7, 11) is 0. The number of nitrogens with two attached hydrogens (primary N) is 2. The van der Waals surface area contributed by atoms with Gasteiger partial charge in [-0.05, 0) is 71.6 Å². The highest BCUT2D eigenvalue weighted by molar-refractivity contribution is 5.92. The fraction of sp³-hybridized carbons (Fsp3) is 0.312. The van der Waals surface area contributed by atoms with Crippen LogP contribution in [0, 0.1) is 11.3 Å². The summed E-state index contributed by atoms with van der Waals surface area (Å²) in [5, 5.41) is 0. The van der Waals surface area contributed by atoms with Gasteiger partial charge in [0.05, 0.1) is 0 Å². The lowest BCUT2D eigenvalue weighted by molar-refractivity contribution is -0.156. The van der Waals surface area contributed by atoms with E-state index in [1.165, 1.54) is 22.3 Å². The summed E-state index contributed by atoms with van der Waals surface area (Å²) in [6.45, 7) is 4.11. The summed E-state index contributed by atoms with van der Waals surface area (Å²) in [4.78, 5) is 25.0. The van der Waals surface area contributed by atoms with Gasteiger partial charge in [-0.15, -0.1) is 0 Å². The molecule has 0 spiro atoms. The number of carbonyl (C=O) groups excluding carboxylic acids is 2. The van der Waals surface area contributed by atoms with Gasteiger partial charge in [0.25, 0.3) is 0 Å². The van der Waals surface area contributed by atoms with Crippen LogP contribution in [0.4, 0.5) is 0 Å². The lowest BCUT2D eigenvalue weighted by Crippen LogP contribution is -2.39. The first-order valence-corrected chi connectivity index (χ1v) is 13.0. The van der Waals surface area contributed by atoms with Crippen LogP contribution in [-0.4, -0.2) is 17.9 Å². The topological polar surface area (TPSA) is 95.4 Å². The number of ether oxygens (including phenoxy) is 1. The van der Waals surface area contributed by atoms with E-state index in [4.69, 9.17) is 16.2 Å². The summed E-state index contributed by atoms with van der Waals surface area (Å²) < 4.78 is 6.38. The number of rotatable bonds is 8. The van der Waals surface area contributed by atoms with Gasteiger partial charge in [0.1, 0.15) is 12.1 Å². The van der Waals surface area contributed by atoms with Crippen molar-refractivity contribution in [1.29, 1.82) is 0 Å². The van der Waals surface area contributed by atoms with Crippen LogP contribution in [0.25, 0.3) is 6.08 Å². The molecule has 3 unspecified atom stereocenters. The van der Waals surface area contributed by atoms with Crippen LogP contribution in [0.3, 0.4) is 0 Å². The molecule has 3 atom stereocenters. The van der Waals surface area contributed by atoms with Crippen LogP contribution in [0.5, 0.6) is 0 Å². The number of hydrogen-bond acceptors (Lipinski definition) is 4. The van der Waals surface area contributed by atoms with Crippen molar-refractivity contribution in [3.8, 4) is 0 Å². The molecule has 4 N–H and O–H groups in total. The van der Waals surface area contributed by atoms with Gasteiger partial charge in [-0.2, -0.15) is 0 Å². The normalized spacial score (nSPS) is 20.8. The van der Waals surface area contributed by atoms with Crippen LogP contribution >= 0.6 is 0 Å². The Morgan fingerprint density at radius 2 is 1.65 bits per heavy atom. The molecular formula is C32H34N2O3. The van der Waals surface area contributed by atoms with E-state index in [1.807, 2.05) is 24.3 Å². The Morgan fingerprint density at radius 1 is 0.973 bits per heavy atom. The Bertz CT molecular complexity index is 1360. The maximum absolute atomic E-state index is 13.3. The average Bonchev–Trinajstić information content (AvgIpc) is 3.44. The van der Waals surface area contributed by atoms with Crippen molar-refractivity contribution >= 4 is 18.0 Å². The zero-order valence-electron chi connectivity index (χ0n) is 21.4. The Morgan fingerprint density at radius 3 is 2.32 bits per heavy atom. The van der Waals surface area contributed by atoms with Gasteiger partial charge in [0, 0.05) is 11.0 Å². The lowest BCUT2D eigenvalue weighted by atomic mass is 9.70. The molecule has 190 valence electrons. The average molecular weight is 495 g/mol. The molecule has 0 radical (unpaired) electrons. The molecule has 5 heteroatoms. The number of fused-ring (bicyclic) bond motifs is 2. The third kappa shape index (κ3) is 4.84. The Labute approximate surface area is 218 Å². The van der Waals surface area contributed by atoms with Crippen LogP contribution in [0.2, 0.25) is 0 Å². The molecular weight excluding hydrogens is 460 g/mol. The quantitative estimate of drug-likeness (QED) is 0.423. The van der Waals surface area contributed by atoms with E-state index in [2.05, 4.69) is 56.3 Å². The van der Waals surface area contributed by atoms with Crippen LogP contribution in [0.1, 0.15) is 64.5 Å². The van der Waals surface area contributed by atoms with Crippen molar-refractivity contribution in [3.63, 3.8) is 0 Å². The summed E-state index contributed by atoms with van der Waals surface area (Å²) in [5.41, 5.74) is 18.8. The Balaban J connectivity index is 1.59. The van der Waals surface area contributed by atoms with Crippen molar-refractivity contribution in [3.05, 3.63) is 112 Å². The molecule has 3 aromatic carbocycles. The molecule has 3 aromatic rings. The molecule has 0 aliphatic heterocycles. The highest BCUT2D eigenvalue weighted by atomic mass is 16.5. The predicted octanol–water partition coefficient (Wildman–Crippen LogP) is 5.17. The van der Waals surface area contributed by atoms with Gasteiger partial charge in [-0.25, -0.2) is 0 Å². The van der Waals surface area contributed by atoms with Gasteiger partial charge in [0.2, 0.25) is 5.91 Å². The molecule has 0 bridgehead atoms. The molecule has 5 rings (SSSR count). The van der Waals surface area contributed by atoms with Crippen molar-refractivity contribution in [2.45, 2.75) is 51.7 Å². The van der Waals surface area contributed by atoms with Gasteiger partial charge in [0.15, 0.2) is 0 Å². The third-order valence-corrected chi connectivity index (χ3v) is 7.77. The van der Waals surface area contributed by atoms with Gasteiger partial charge in [-0.3, -0.25) is 9.59 Å². The highest BCUT2D eigenvalue weighted by Gasteiger charge is 2.51. The summed E-state index contributed by atoms with van der Waals surface area (Å²) in [5.74, 6) is -0.520. The van der Waals surface area contributed by atoms with E-state index in [0.29, 0.717) is 24.3 Å². The zero-order chi connectivity index (χ0) is 26.2. The van der Waals surface area contributed by atoms with Crippen molar-refractivity contribution in [2.75, 3.05) is 0 Å². The number of hydrogen-bond donors (Lipinski definition) is 2. The van der Waals surface area contributed by atoms with Gasteiger partial charge in [-0.1, -0.05) is 86.2 Å². The molecule has 37 heavy (non-hydrogen) atoms. The summed E-state index contributed by atoms with van der Waals surface area (Å²) >= 11 is 0. The van der Waals surface area contributed by atoms with E-state index in [-0.39, 0.29) is 5.97 Å². The molecule has 5 nitrogen and oxygen atoms in total. The van der Waals surface area contributed by atoms with E-state index >= 15 is 0 Å². The maximum atomic E-state index is 13.3. The van der Waals surface area contributed by atoms with E-state index in [0.717, 1.165) is 24.0 Å². The number of primary amides is 1. The number of amides is 1. The largest absolute Gasteiger partial charge is 0.455 e. The van der Waals surface area contributed by atoms with Gasteiger partial charge >= 0.3 is 5.97 Å². The lowest BCUT2D eigenvalue weighted by Gasteiger charge is -2.38. The number of benzene rings is 3. The molecule has 0 saturated carbocycles. The fourth-order valence-corrected chi connectivity index (χ4v) is 5.97. The number of esters is 1. The predicted molar refractivity (Wildman–Crippen MR) is 146 cm³/mol. The Hall–Kier alpha value is -3.70. The highest BCUT2D eigenvalue weighted by Crippen LogP contribution is 2.56. The van der Waals surface area contributed by atoms with E-state index in [9.17, 15) is 9.59 Å². The standard InChI is InChI=1S/C32H34N2O3/c1-20(2)15-28(33)31(36)37-29-27-10-6-5-9-25(27)19-32(29,18-21-11-13-22(14-12-21)30(34)35)26-16-23-7-3-4-8-24(23)17-26/h3-14,16,20,28-29H,15,17-19,33H2,1-2H3,(H2,34,35). The fourth-order valence-electron chi connectivity index (χ4n) is 5.97. The second kappa shape index (κ2) is 9.98. The molecule has 1 amide bonds. The second-order valence-electron chi connectivity index (χ2n) is 10.9. The van der Waals surface area contributed by atoms with Crippen LogP contribution in [0.15, 0.2) is 78.4 Å². The maximum Gasteiger partial charge on any atom is 0.323 e. The molecule has 2 aliphatic carbocycles. The SMILES string of the molecule is CC(C)CC(N)C(=O)OC1c2ccccc2CC1(Cc1ccc(C(N)=O)cc1)C1=Cc2ccccc2C1. The molecule has 0 fully saturated rings. The minimum absolute atomic E-state index is 0.291. The van der Waals surface area contributed by atoms with Crippen molar-refractivity contribution in [1.82, 2.24) is 0 Å². The van der Waals surface area contributed by atoms with E-state index in [1.54, 1.807) is 12.1 Å². The molecule has 0 heterocycles. The van der Waals surface area contributed by atoms with Gasteiger partial charge < -0.3 is 16.2 Å².